The first-order valence-electron chi connectivity index (χ1n) is 8.63. The number of hydrogen-bond acceptors (Lipinski definition) is 4. The van der Waals surface area contributed by atoms with Crippen molar-refractivity contribution in [2.75, 3.05) is 12.4 Å². The van der Waals surface area contributed by atoms with Gasteiger partial charge in [-0.3, -0.25) is 15.1 Å². The highest BCUT2D eigenvalue weighted by atomic mass is 16.2. The van der Waals surface area contributed by atoms with E-state index in [-0.39, 0.29) is 12.1 Å². The van der Waals surface area contributed by atoms with Crippen molar-refractivity contribution in [1.29, 1.82) is 0 Å². The third-order valence-electron chi connectivity index (χ3n) is 4.24. The first-order chi connectivity index (χ1) is 12.6. The van der Waals surface area contributed by atoms with Gasteiger partial charge in [-0.2, -0.15) is 5.10 Å². The van der Waals surface area contributed by atoms with Crippen LogP contribution in [0.15, 0.2) is 42.6 Å². The highest BCUT2D eigenvalue weighted by molar-refractivity contribution is 5.88. The third kappa shape index (κ3) is 3.90. The van der Waals surface area contributed by atoms with Crippen LogP contribution in [0.4, 0.5) is 10.6 Å². The molecule has 2 aromatic heterocycles. The van der Waals surface area contributed by atoms with Crippen LogP contribution in [-0.2, 0) is 6.54 Å². The van der Waals surface area contributed by atoms with E-state index >= 15 is 0 Å². The summed E-state index contributed by atoms with van der Waals surface area (Å²) in [4.78, 5) is 14.1. The number of aryl methyl sites for hydroxylation is 1. The lowest BCUT2D eigenvalue weighted by Crippen LogP contribution is -2.33. The zero-order valence-electron chi connectivity index (χ0n) is 15.2. The Hall–Kier alpha value is -3.16. The van der Waals surface area contributed by atoms with E-state index in [1.165, 1.54) is 0 Å². The molecule has 0 radical (unpaired) electrons. The molecule has 0 aliphatic carbocycles. The molecular formula is C18H23N7O. The number of benzene rings is 1. The van der Waals surface area contributed by atoms with Gasteiger partial charge in [-0.15, -0.1) is 5.10 Å². The van der Waals surface area contributed by atoms with Gasteiger partial charge in [-0.25, -0.2) is 4.79 Å². The van der Waals surface area contributed by atoms with Crippen molar-refractivity contribution >= 4 is 11.8 Å². The fourth-order valence-corrected chi connectivity index (χ4v) is 2.58. The first-order valence-corrected chi connectivity index (χ1v) is 8.63. The highest BCUT2D eigenvalue weighted by Gasteiger charge is 2.20. The molecule has 0 aliphatic heterocycles. The van der Waals surface area contributed by atoms with Crippen LogP contribution < -0.4 is 5.32 Å². The molecule has 1 unspecified atom stereocenters. The van der Waals surface area contributed by atoms with E-state index in [2.05, 4.69) is 32.7 Å². The zero-order chi connectivity index (χ0) is 18.5. The Bertz CT molecular complexity index is 855. The minimum absolute atomic E-state index is 0.175. The molecule has 2 N–H and O–H groups in total. The number of urea groups is 1. The highest BCUT2D eigenvalue weighted by Crippen LogP contribution is 2.23. The Morgan fingerprint density at radius 1 is 1.35 bits per heavy atom. The van der Waals surface area contributed by atoms with Crippen LogP contribution in [-0.4, -0.2) is 43.2 Å². The van der Waals surface area contributed by atoms with Gasteiger partial charge in [-0.05, 0) is 19.4 Å². The molecule has 8 nitrogen and oxygen atoms in total. The first kappa shape index (κ1) is 17.7. The molecule has 2 amide bonds. The number of H-pyrrole nitrogens is 1. The van der Waals surface area contributed by atoms with Gasteiger partial charge in [0.05, 0.1) is 23.6 Å². The second-order valence-corrected chi connectivity index (χ2v) is 6.16. The van der Waals surface area contributed by atoms with Crippen molar-refractivity contribution in [2.24, 2.45) is 0 Å². The van der Waals surface area contributed by atoms with Crippen molar-refractivity contribution in [1.82, 2.24) is 30.1 Å². The van der Waals surface area contributed by atoms with Crippen LogP contribution in [0.2, 0.25) is 0 Å². The van der Waals surface area contributed by atoms with Gasteiger partial charge in [0.1, 0.15) is 0 Å². The van der Waals surface area contributed by atoms with Crippen molar-refractivity contribution in [3.05, 3.63) is 48.3 Å². The molecule has 3 rings (SSSR count). The van der Waals surface area contributed by atoms with Crippen LogP contribution in [0.3, 0.4) is 0 Å². The second-order valence-electron chi connectivity index (χ2n) is 6.16. The average molecular weight is 353 g/mol. The standard InChI is InChI=1S/C18H23N7O/c1-4-10-25-12-17(22-23-25)19-18(26)24(3)13(2)15-11-16(21-20-15)14-8-6-5-7-9-14/h5-9,11-13H,4,10H2,1-3H3,(H,19,26)(H,20,21). The zero-order valence-corrected chi connectivity index (χ0v) is 15.2. The van der Waals surface area contributed by atoms with Crippen LogP contribution in [0.1, 0.15) is 32.0 Å². The number of rotatable bonds is 6. The van der Waals surface area contributed by atoms with E-state index in [4.69, 9.17) is 0 Å². The molecule has 0 bridgehead atoms. The van der Waals surface area contributed by atoms with Gasteiger partial charge in [0, 0.05) is 19.2 Å². The van der Waals surface area contributed by atoms with E-state index in [1.807, 2.05) is 43.3 Å². The monoisotopic (exact) mass is 353 g/mol. The average Bonchev–Trinajstić information content (AvgIpc) is 3.31. The molecule has 2 heterocycles. The molecule has 8 heteroatoms. The Labute approximate surface area is 152 Å². The van der Waals surface area contributed by atoms with Gasteiger partial charge < -0.3 is 4.90 Å². The second kappa shape index (κ2) is 7.81. The minimum atomic E-state index is -0.253. The number of carbonyl (C=O) groups excluding carboxylic acids is 1. The molecule has 0 saturated carbocycles. The molecule has 0 fully saturated rings. The number of hydrogen-bond donors (Lipinski definition) is 2. The molecule has 1 aromatic carbocycles. The van der Waals surface area contributed by atoms with Gasteiger partial charge >= 0.3 is 6.03 Å². The van der Waals surface area contributed by atoms with E-state index in [0.29, 0.717) is 5.82 Å². The fourth-order valence-electron chi connectivity index (χ4n) is 2.58. The fraction of sp³-hybridized carbons (Fsp3) is 0.333. The Morgan fingerprint density at radius 3 is 2.85 bits per heavy atom. The van der Waals surface area contributed by atoms with E-state index in [9.17, 15) is 4.79 Å². The van der Waals surface area contributed by atoms with Crippen molar-refractivity contribution in [3.63, 3.8) is 0 Å². The number of amides is 2. The maximum Gasteiger partial charge on any atom is 0.323 e. The van der Waals surface area contributed by atoms with Crippen LogP contribution in [0.5, 0.6) is 0 Å². The lowest BCUT2D eigenvalue weighted by Gasteiger charge is -2.23. The van der Waals surface area contributed by atoms with Gasteiger partial charge in [0.25, 0.3) is 0 Å². The molecule has 1 atom stereocenters. The van der Waals surface area contributed by atoms with E-state index in [0.717, 1.165) is 29.9 Å². The van der Waals surface area contributed by atoms with E-state index < -0.39 is 0 Å². The van der Waals surface area contributed by atoms with Crippen molar-refractivity contribution < 1.29 is 4.79 Å². The molecule has 0 saturated heterocycles. The number of aromatic amines is 1. The van der Waals surface area contributed by atoms with Gasteiger partial charge in [0.2, 0.25) is 0 Å². The number of carbonyl (C=O) groups is 1. The summed E-state index contributed by atoms with van der Waals surface area (Å²) in [6, 6.07) is 11.4. The predicted octanol–water partition coefficient (Wildman–Crippen LogP) is 3.30. The molecular weight excluding hydrogens is 330 g/mol. The summed E-state index contributed by atoms with van der Waals surface area (Å²) < 4.78 is 1.71. The number of anilines is 1. The third-order valence-corrected chi connectivity index (χ3v) is 4.24. The minimum Gasteiger partial charge on any atom is -0.319 e. The van der Waals surface area contributed by atoms with Crippen LogP contribution in [0.25, 0.3) is 11.3 Å². The molecule has 0 spiro atoms. The summed E-state index contributed by atoms with van der Waals surface area (Å²) in [6.07, 6.45) is 2.68. The van der Waals surface area contributed by atoms with Gasteiger partial charge in [-0.1, -0.05) is 42.5 Å². The summed E-state index contributed by atoms with van der Waals surface area (Å²) in [7, 11) is 1.74. The maximum atomic E-state index is 12.5. The maximum absolute atomic E-state index is 12.5. The summed E-state index contributed by atoms with van der Waals surface area (Å²) in [5.74, 6) is 0.442. The molecule has 136 valence electrons. The lowest BCUT2D eigenvalue weighted by molar-refractivity contribution is 0.207. The van der Waals surface area contributed by atoms with Crippen LogP contribution >= 0.6 is 0 Å². The predicted molar refractivity (Wildman–Crippen MR) is 99.5 cm³/mol. The molecule has 26 heavy (non-hydrogen) atoms. The number of nitrogens with one attached hydrogen (secondary N) is 2. The largest absolute Gasteiger partial charge is 0.323 e. The molecule has 3 aromatic rings. The Kier molecular flexibility index (Phi) is 5.31. The SMILES string of the molecule is CCCn1cc(NC(=O)N(C)C(C)c2cc(-c3ccccc3)n[nH]2)nn1. The summed E-state index contributed by atoms with van der Waals surface area (Å²) in [5, 5.41) is 18.1. The normalized spacial score (nSPS) is 12.0. The lowest BCUT2D eigenvalue weighted by atomic mass is 10.1. The summed E-state index contributed by atoms with van der Waals surface area (Å²) in [6.45, 7) is 4.77. The Balaban J connectivity index is 1.66. The summed E-state index contributed by atoms with van der Waals surface area (Å²) >= 11 is 0. The summed E-state index contributed by atoms with van der Waals surface area (Å²) in [5.41, 5.74) is 2.74. The smallest absolute Gasteiger partial charge is 0.319 e. The number of aromatic nitrogens is 5. The molecule has 0 aliphatic rings. The Morgan fingerprint density at radius 2 is 2.12 bits per heavy atom. The van der Waals surface area contributed by atoms with Crippen molar-refractivity contribution in [3.8, 4) is 11.3 Å². The van der Waals surface area contributed by atoms with Gasteiger partial charge in [0.15, 0.2) is 5.82 Å². The topological polar surface area (TPSA) is 91.7 Å². The quantitative estimate of drug-likeness (QED) is 0.711. The van der Waals surface area contributed by atoms with E-state index in [1.54, 1.807) is 22.8 Å². The van der Waals surface area contributed by atoms with Crippen molar-refractivity contribution in [2.45, 2.75) is 32.9 Å². The number of nitrogens with zero attached hydrogens (tertiary/aromatic N) is 5. The van der Waals surface area contributed by atoms with Crippen LogP contribution in [0, 0.1) is 0 Å².